The third-order valence-corrected chi connectivity index (χ3v) is 5.20. The lowest BCUT2D eigenvalue weighted by Crippen LogP contribution is -2.29. The van der Waals surface area contributed by atoms with E-state index in [1.807, 2.05) is 61.5 Å². The second-order valence-corrected chi connectivity index (χ2v) is 7.59. The Morgan fingerprint density at radius 2 is 1.42 bits per heavy atom. The Kier molecular flexibility index (Phi) is 5.64. The van der Waals surface area contributed by atoms with Crippen LogP contribution < -0.4 is 5.32 Å². The van der Waals surface area contributed by atoms with Crippen molar-refractivity contribution in [2.75, 3.05) is 6.26 Å². The molecular weight excluding hydrogens is 342 g/mol. The first-order valence-corrected chi connectivity index (χ1v) is 9.96. The van der Waals surface area contributed by atoms with Crippen LogP contribution in [0.1, 0.15) is 33.1 Å². The summed E-state index contributed by atoms with van der Waals surface area (Å²) in [5.41, 5.74) is 3.78. The summed E-state index contributed by atoms with van der Waals surface area (Å²) in [7, 11) is -1.05. The van der Waals surface area contributed by atoms with Gasteiger partial charge in [0.1, 0.15) is 0 Å². The van der Waals surface area contributed by atoms with Crippen LogP contribution in [-0.4, -0.2) is 16.4 Å². The van der Waals surface area contributed by atoms with Gasteiger partial charge in [-0.3, -0.25) is 9.00 Å². The van der Waals surface area contributed by atoms with Gasteiger partial charge in [-0.25, -0.2) is 0 Å². The first kappa shape index (κ1) is 18.1. The quantitative estimate of drug-likeness (QED) is 0.736. The van der Waals surface area contributed by atoms with Crippen LogP contribution in [0.3, 0.4) is 0 Å². The standard InChI is InChI=1S/C22H21NO2S/c1-16-8-10-18(11-9-16)21(17-6-4-3-5-7-17)23-22(24)19-12-14-20(15-13-19)26(2)25/h3-15,21H,1-2H3,(H,23,24). The maximum atomic E-state index is 12.8. The molecule has 4 heteroatoms. The monoisotopic (exact) mass is 363 g/mol. The zero-order chi connectivity index (χ0) is 18.5. The van der Waals surface area contributed by atoms with Gasteiger partial charge in [-0.1, -0.05) is 60.2 Å². The van der Waals surface area contributed by atoms with E-state index in [1.165, 1.54) is 5.56 Å². The van der Waals surface area contributed by atoms with E-state index < -0.39 is 10.8 Å². The van der Waals surface area contributed by atoms with Crippen molar-refractivity contribution in [3.63, 3.8) is 0 Å². The van der Waals surface area contributed by atoms with Crippen LogP contribution in [0.5, 0.6) is 0 Å². The minimum atomic E-state index is -1.05. The number of carbonyl (C=O) groups excluding carboxylic acids is 1. The van der Waals surface area contributed by atoms with E-state index in [4.69, 9.17) is 0 Å². The lowest BCUT2D eigenvalue weighted by Gasteiger charge is -2.20. The fourth-order valence-electron chi connectivity index (χ4n) is 2.78. The van der Waals surface area contributed by atoms with Gasteiger partial charge in [0.25, 0.3) is 5.91 Å². The number of hydrogen-bond acceptors (Lipinski definition) is 2. The molecular formula is C22H21NO2S. The molecule has 0 aromatic heterocycles. The van der Waals surface area contributed by atoms with E-state index in [1.54, 1.807) is 30.5 Å². The molecule has 0 saturated carbocycles. The zero-order valence-electron chi connectivity index (χ0n) is 14.8. The summed E-state index contributed by atoms with van der Waals surface area (Å²) in [5, 5.41) is 3.12. The summed E-state index contributed by atoms with van der Waals surface area (Å²) in [5.74, 6) is -0.159. The van der Waals surface area contributed by atoms with Gasteiger partial charge in [0.15, 0.2) is 0 Å². The molecule has 3 nitrogen and oxygen atoms in total. The largest absolute Gasteiger partial charge is 0.341 e. The molecule has 0 aliphatic heterocycles. The van der Waals surface area contributed by atoms with Crippen molar-refractivity contribution in [3.05, 3.63) is 101 Å². The first-order valence-electron chi connectivity index (χ1n) is 8.40. The van der Waals surface area contributed by atoms with Gasteiger partial charge in [0, 0.05) is 27.5 Å². The predicted molar refractivity (Wildman–Crippen MR) is 106 cm³/mol. The average Bonchev–Trinajstić information content (AvgIpc) is 2.67. The summed E-state index contributed by atoms with van der Waals surface area (Å²) in [4.78, 5) is 13.5. The van der Waals surface area contributed by atoms with Crippen LogP contribution in [0.2, 0.25) is 0 Å². The Morgan fingerprint density at radius 1 is 0.846 bits per heavy atom. The third kappa shape index (κ3) is 4.27. The highest BCUT2D eigenvalue weighted by Gasteiger charge is 2.17. The number of benzene rings is 3. The van der Waals surface area contributed by atoms with Crippen molar-refractivity contribution >= 4 is 16.7 Å². The van der Waals surface area contributed by atoms with Gasteiger partial charge in [-0.05, 0) is 42.3 Å². The van der Waals surface area contributed by atoms with E-state index >= 15 is 0 Å². The van der Waals surface area contributed by atoms with Crippen LogP contribution in [0, 0.1) is 6.92 Å². The van der Waals surface area contributed by atoms with Crippen molar-refractivity contribution in [1.29, 1.82) is 0 Å². The van der Waals surface area contributed by atoms with Gasteiger partial charge in [0.2, 0.25) is 0 Å². The molecule has 3 rings (SSSR count). The molecule has 0 aliphatic rings. The molecule has 3 aromatic carbocycles. The number of aryl methyl sites for hydroxylation is 1. The molecule has 0 spiro atoms. The molecule has 0 bridgehead atoms. The topological polar surface area (TPSA) is 46.2 Å². The number of rotatable bonds is 5. The molecule has 3 aromatic rings. The second-order valence-electron chi connectivity index (χ2n) is 6.21. The van der Waals surface area contributed by atoms with Crippen LogP contribution >= 0.6 is 0 Å². The fraction of sp³-hybridized carbons (Fsp3) is 0.136. The summed E-state index contributed by atoms with van der Waals surface area (Å²) in [6.45, 7) is 2.04. The maximum Gasteiger partial charge on any atom is 0.252 e. The normalized spacial score (nSPS) is 13.0. The number of hydrogen-bond donors (Lipinski definition) is 1. The average molecular weight is 363 g/mol. The van der Waals surface area contributed by atoms with E-state index in [0.717, 1.165) is 11.1 Å². The van der Waals surface area contributed by atoms with Gasteiger partial charge in [0.05, 0.1) is 6.04 Å². The summed E-state index contributed by atoms with van der Waals surface area (Å²) in [6.07, 6.45) is 1.62. The van der Waals surface area contributed by atoms with Gasteiger partial charge in [-0.15, -0.1) is 0 Å². The van der Waals surface area contributed by atoms with Crippen molar-refractivity contribution in [2.45, 2.75) is 17.9 Å². The minimum absolute atomic E-state index is 0.159. The molecule has 2 atom stereocenters. The Labute approximate surface area is 156 Å². The third-order valence-electron chi connectivity index (χ3n) is 4.27. The lowest BCUT2D eigenvalue weighted by molar-refractivity contribution is 0.0943. The highest BCUT2D eigenvalue weighted by Crippen LogP contribution is 2.23. The molecule has 0 radical (unpaired) electrons. The van der Waals surface area contributed by atoms with Crippen LogP contribution in [0.15, 0.2) is 83.8 Å². The van der Waals surface area contributed by atoms with Gasteiger partial charge >= 0.3 is 0 Å². The van der Waals surface area contributed by atoms with Crippen molar-refractivity contribution in [3.8, 4) is 0 Å². The van der Waals surface area contributed by atoms with Crippen molar-refractivity contribution in [2.24, 2.45) is 0 Å². The van der Waals surface area contributed by atoms with E-state index in [2.05, 4.69) is 5.32 Å². The zero-order valence-corrected chi connectivity index (χ0v) is 15.6. The molecule has 0 fully saturated rings. The fourth-order valence-corrected chi connectivity index (χ4v) is 3.30. The SMILES string of the molecule is Cc1ccc(C(NC(=O)c2ccc(S(C)=O)cc2)c2ccccc2)cc1. The molecule has 26 heavy (non-hydrogen) atoms. The predicted octanol–water partition coefficient (Wildman–Crippen LogP) is 4.25. The van der Waals surface area contributed by atoms with Crippen LogP contribution in [0.25, 0.3) is 0 Å². The number of nitrogens with one attached hydrogen (secondary N) is 1. The van der Waals surface area contributed by atoms with Crippen LogP contribution in [-0.2, 0) is 10.8 Å². The van der Waals surface area contributed by atoms with Gasteiger partial charge in [-0.2, -0.15) is 0 Å². The van der Waals surface area contributed by atoms with E-state index in [0.29, 0.717) is 10.5 Å². The highest BCUT2D eigenvalue weighted by atomic mass is 32.2. The molecule has 1 N–H and O–H groups in total. The summed E-state index contributed by atoms with van der Waals surface area (Å²) < 4.78 is 11.5. The summed E-state index contributed by atoms with van der Waals surface area (Å²) >= 11 is 0. The van der Waals surface area contributed by atoms with Crippen LogP contribution in [0.4, 0.5) is 0 Å². The Morgan fingerprint density at radius 3 is 2.00 bits per heavy atom. The number of amides is 1. The highest BCUT2D eigenvalue weighted by molar-refractivity contribution is 7.84. The maximum absolute atomic E-state index is 12.8. The second kappa shape index (κ2) is 8.11. The smallest absolute Gasteiger partial charge is 0.252 e. The molecule has 0 heterocycles. The Hall–Kier alpha value is -2.72. The Balaban J connectivity index is 1.89. The first-order chi connectivity index (χ1) is 12.5. The molecule has 0 saturated heterocycles. The van der Waals surface area contributed by atoms with Crippen molar-refractivity contribution < 1.29 is 9.00 Å². The molecule has 132 valence electrons. The summed E-state index contributed by atoms with van der Waals surface area (Å²) in [6, 6.07) is 24.7. The Bertz CT molecular complexity index is 903. The molecule has 0 aliphatic carbocycles. The van der Waals surface area contributed by atoms with Gasteiger partial charge < -0.3 is 5.32 Å². The van der Waals surface area contributed by atoms with Crippen molar-refractivity contribution in [1.82, 2.24) is 5.32 Å². The molecule has 2 unspecified atom stereocenters. The van der Waals surface area contributed by atoms with E-state index in [-0.39, 0.29) is 11.9 Å². The lowest BCUT2D eigenvalue weighted by atomic mass is 9.97. The number of carbonyl (C=O) groups is 1. The van der Waals surface area contributed by atoms with E-state index in [9.17, 15) is 9.00 Å². The molecule has 1 amide bonds. The minimum Gasteiger partial charge on any atom is -0.341 e.